The first-order valence-electron chi connectivity index (χ1n) is 5.68. The van der Waals surface area contributed by atoms with Gasteiger partial charge in [-0.2, -0.15) is 0 Å². The second-order valence-electron chi connectivity index (χ2n) is 3.96. The highest BCUT2D eigenvalue weighted by molar-refractivity contribution is 4.97. The first-order valence-corrected chi connectivity index (χ1v) is 5.68. The maximum Gasteiger partial charge on any atom is 0.330 e. The summed E-state index contributed by atoms with van der Waals surface area (Å²) in [5, 5.41) is 3.11. The molecule has 0 saturated heterocycles. The zero-order valence-corrected chi connectivity index (χ0v) is 10.1. The number of hydrogen-bond donors (Lipinski definition) is 1. The predicted molar refractivity (Wildman–Crippen MR) is 66.4 cm³/mol. The molecule has 0 bridgehead atoms. The normalized spacial score (nSPS) is 10.7. The van der Waals surface area contributed by atoms with Gasteiger partial charge in [-0.15, -0.1) is 0 Å². The average molecular weight is 249 g/mol. The van der Waals surface area contributed by atoms with Gasteiger partial charge in [-0.1, -0.05) is 0 Å². The molecule has 1 N–H and O–H groups in total. The molecule has 6 nitrogen and oxygen atoms in total. The van der Waals surface area contributed by atoms with Gasteiger partial charge in [0.1, 0.15) is 5.76 Å². The van der Waals surface area contributed by atoms with Crippen LogP contribution in [0.25, 0.3) is 0 Å². The molecule has 0 aliphatic rings. The number of aryl methyl sites for hydroxylation is 1. The number of hydrogen-bond acceptors (Lipinski definition) is 4. The molecule has 2 rings (SSSR count). The summed E-state index contributed by atoms with van der Waals surface area (Å²) in [7, 11) is 1.62. The Morgan fingerprint density at radius 3 is 2.89 bits per heavy atom. The van der Waals surface area contributed by atoms with E-state index in [0.717, 1.165) is 5.76 Å². The van der Waals surface area contributed by atoms with E-state index in [1.54, 1.807) is 13.3 Å². The third kappa shape index (κ3) is 2.78. The van der Waals surface area contributed by atoms with E-state index in [0.29, 0.717) is 19.6 Å². The van der Waals surface area contributed by atoms with Gasteiger partial charge in [0.15, 0.2) is 0 Å². The second kappa shape index (κ2) is 5.50. The van der Waals surface area contributed by atoms with E-state index in [2.05, 4.69) is 5.32 Å². The van der Waals surface area contributed by atoms with Crippen molar-refractivity contribution in [2.24, 2.45) is 7.05 Å². The topological polar surface area (TPSA) is 69.2 Å². The maximum atomic E-state index is 11.7. The molecule has 0 atom stereocenters. The van der Waals surface area contributed by atoms with Gasteiger partial charge >= 0.3 is 5.69 Å². The summed E-state index contributed by atoms with van der Waals surface area (Å²) in [5.74, 6) is 0.823. The summed E-state index contributed by atoms with van der Waals surface area (Å²) in [6.45, 7) is 1.45. The second-order valence-corrected chi connectivity index (χ2v) is 3.96. The Kier molecular flexibility index (Phi) is 3.78. The molecule has 6 heteroatoms. The van der Waals surface area contributed by atoms with Crippen molar-refractivity contribution in [2.75, 3.05) is 6.54 Å². The Balaban J connectivity index is 1.93. The molecule has 18 heavy (non-hydrogen) atoms. The van der Waals surface area contributed by atoms with Gasteiger partial charge in [-0.25, -0.2) is 4.79 Å². The molecule has 2 aromatic rings. The van der Waals surface area contributed by atoms with Crippen molar-refractivity contribution in [2.45, 2.75) is 13.1 Å². The highest BCUT2D eigenvalue weighted by Crippen LogP contribution is 1.97. The van der Waals surface area contributed by atoms with Crippen molar-refractivity contribution in [1.29, 1.82) is 0 Å². The zero-order chi connectivity index (χ0) is 13.0. The summed E-state index contributed by atoms with van der Waals surface area (Å²) in [5.41, 5.74) is -0.583. The molecule has 0 unspecified atom stereocenters. The molecule has 0 aliphatic carbocycles. The van der Waals surface area contributed by atoms with Crippen LogP contribution < -0.4 is 16.6 Å². The number of rotatable bonds is 5. The van der Waals surface area contributed by atoms with Crippen LogP contribution in [0.15, 0.2) is 44.7 Å². The van der Waals surface area contributed by atoms with Crippen molar-refractivity contribution in [3.05, 3.63) is 57.3 Å². The van der Waals surface area contributed by atoms with E-state index in [9.17, 15) is 9.59 Å². The fraction of sp³-hybridized carbons (Fsp3) is 0.333. The van der Waals surface area contributed by atoms with Crippen molar-refractivity contribution in [3.8, 4) is 0 Å². The van der Waals surface area contributed by atoms with E-state index in [1.165, 1.54) is 21.4 Å². The fourth-order valence-corrected chi connectivity index (χ4v) is 1.64. The van der Waals surface area contributed by atoms with Crippen LogP contribution in [0.2, 0.25) is 0 Å². The molecule has 0 aliphatic heterocycles. The molecule has 96 valence electrons. The van der Waals surface area contributed by atoms with Crippen LogP contribution in [-0.4, -0.2) is 15.7 Å². The van der Waals surface area contributed by atoms with Gasteiger partial charge in [0.25, 0.3) is 5.56 Å². The van der Waals surface area contributed by atoms with Gasteiger partial charge in [0.2, 0.25) is 0 Å². The lowest BCUT2D eigenvalue weighted by Gasteiger charge is -2.06. The molecule has 0 fully saturated rings. The smallest absolute Gasteiger partial charge is 0.330 e. The summed E-state index contributed by atoms with van der Waals surface area (Å²) in [6.07, 6.45) is 3.08. The molecule has 2 heterocycles. The van der Waals surface area contributed by atoms with Crippen molar-refractivity contribution < 1.29 is 4.42 Å². The Hall–Kier alpha value is -2.08. The lowest BCUT2D eigenvalue weighted by molar-refractivity contribution is 0.469. The first-order chi connectivity index (χ1) is 8.68. The molecule has 0 amide bonds. The van der Waals surface area contributed by atoms with Crippen LogP contribution in [-0.2, 0) is 20.1 Å². The fourth-order valence-electron chi connectivity index (χ4n) is 1.64. The molecular formula is C12H15N3O3. The summed E-state index contributed by atoms with van der Waals surface area (Å²) in [4.78, 5) is 23.2. The monoisotopic (exact) mass is 249 g/mol. The average Bonchev–Trinajstić information content (AvgIpc) is 2.86. The van der Waals surface area contributed by atoms with E-state index in [4.69, 9.17) is 4.42 Å². The highest BCUT2D eigenvalue weighted by Gasteiger charge is 2.02. The Labute approximate surface area is 103 Å². The van der Waals surface area contributed by atoms with Crippen LogP contribution in [0.4, 0.5) is 0 Å². The number of furan rings is 1. The molecule has 0 aromatic carbocycles. The van der Waals surface area contributed by atoms with Gasteiger partial charge in [-0.05, 0) is 12.1 Å². The van der Waals surface area contributed by atoms with Crippen LogP contribution in [0, 0.1) is 0 Å². The van der Waals surface area contributed by atoms with Crippen molar-refractivity contribution in [3.63, 3.8) is 0 Å². The van der Waals surface area contributed by atoms with Crippen LogP contribution in [0.5, 0.6) is 0 Å². The standard InChI is InChI=1S/C12H15N3O3/c1-14-6-4-11(16)15(12(14)17)7-5-13-9-10-3-2-8-18-10/h2-4,6,8,13H,5,7,9H2,1H3. The SMILES string of the molecule is Cn1ccc(=O)n(CCNCc2ccco2)c1=O. The lowest BCUT2D eigenvalue weighted by atomic mass is 10.4. The molecular weight excluding hydrogens is 234 g/mol. The summed E-state index contributed by atoms with van der Waals surface area (Å²) >= 11 is 0. The number of nitrogens with one attached hydrogen (secondary N) is 1. The van der Waals surface area contributed by atoms with E-state index < -0.39 is 0 Å². The van der Waals surface area contributed by atoms with E-state index >= 15 is 0 Å². The van der Waals surface area contributed by atoms with Gasteiger partial charge in [0.05, 0.1) is 12.8 Å². The first kappa shape index (κ1) is 12.4. The Morgan fingerprint density at radius 1 is 1.33 bits per heavy atom. The number of nitrogens with zero attached hydrogens (tertiary/aromatic N) is 2. The number of aromatic nitrogens is 2. The summed E-state index contributed by atoms with van der Waals surface area (Å²) < 4.78 is 7.74. The third-order valence-electron chi connectivity index (χ3n) is 2.63. The molecule has 2 aromatic heterocycles. The third-order valence-corrected chi connectivity index (χ3v) is 2.63. The van der Waals surface area contributed by atoms with Crippen LogP contribution >= 0.6 is 0 Å². The Morgan fingerprint density at radius 2 is 2.17 bits per heavy atom. The van der Waals surface area contributed by atoms with Gasteiger partial charge in [-0.3, -0.25) is 9.36 Å². The quantitative estimate of drug-likeness (QED) is 0.753. The lowest BCUT2D eigenvalue weighted by Crippen LogP contribution is -2.40. The van der Waals surface area contributed by atoms with Crippen molar-refractivity contribution in [1.82, 2.24) is 14.5 Å². The molecule has 0 spiro atoms. The molecule has 0 saturated carbocycles. The van der Waals surface area contributed by atoms with Crippen molar-refractivity contribution >= 4 is 0 Å². The minimum atomic E-state index is -0.303. The minimum absolute atomic E-state index is 0.280. The van der Waals surface area contributed by atoms with Crippen LogP contribution in [0.1, 0.15) is 5.76 Å². The van der Waals surface area contributed by atoms with E-state index in [-0.39, 0.29) is 11.2 Å². The Bertz CT molecular complexity index is 610. The van der Waals surface area contributed by atoms with Crippen LogP contribution in [0.3, 0.4) is 0 Å². The summed E-state index contributed by atoms with van der Waals surface area (Å²) in [6, 6.07) is 5.06. The van der Waals surface area contributed by atoms with E-state index in [1.807, 2.05) is 12.1 Å². The molecule has 0 radical (unpaired) electrons. The maximum absolute atomic E-state index is 11.7. The minimum Gasteiger partial charge on any atom is -0.468 e. The highest BCUT2D eigenvalue weighted by atomic mass is 16.3. The predicted octanol–water partition coefficient (Wildman–Crippen LogP) is -0.0702. The zero-order valence-electron chi connectivity index (χ0n) is 10.1. The largest absolute Gasteiger partial charge is 0.468 e. The van der Waals surface area contributed by atoms with Gasteiger partial charge in [0, 0.05) is 32.4 Å². The van der Waals surface area contributed by atoms with Gasteiger partial charge < -0.3 is 14.3 Å².